The number of nitrogens with one attached hydrogen (secondary N) is 1. The molecule has 0 heterocycles. The molecule has 0 aliphatic heterocycles. The van der Waals surface area contributed by atoms with Gasteiger partial charge in [-0.15, -0.1) is 0 Å². The molecule has 0 aromatic carbocycles. The summed E-state index contributed by atoms with van der Waals surface area (Å²) in [5, 5.41) is 2.53. The summed E-state index contributed by atoms with van der Waals surface area (Å²) < 4.78 is 0. The second-order valence-electron chi connectivity index (χ2n) is 6.16. The van der Waals surface area contributed by atoms with Crippen LogP contribution in [0, 0.1) is 0 Å². The number of hydrogen-bond donors (Lipinski definition) is 3. The minimum atomic E-state index is -0.977. The Morgan fingerprint density at radius 1 is 0.840 bits per heavy atom. The maximum Gasteiger partial charge on any atom is 0.347 e. The summed E-state index contributed by atoms with van der Waals surface area (Å²) in [6.45, 7) is 2.20. The van der Waals surface area contributed by atoms with Gasteiger partial charge in [0.05, 0.1) is 0 Å². The molecule has 0 saturated carbocycles. The Bertz CT molecular complexity index is 390. The van der Waals surface area contributed by atoms with Crippen LogP contribution in [0.15, 0.2) is 0 Å². The lowest BCUT2D eigenvalue weighted by atomic mass is 10.1. The molecule has 1 amide bonds. The lowest BCUT2D eigenvalue weighted by Gasteiger charge is -2.15. The van der Waals surface area contributed by atoms with E-state index in [0.717, 1.165) is 19.3 Å². The van der Waals surface area contributed by atoms with Crippen molar-refractivity contribution in [3.63, 3.8) is 0 Å². The van der Waals surface area contributed by atoms with Gasteiger partial charge in [-0.1, -0.05) is 58.3 Å². The Kier molecular flexibility index (Phi) is 14.8. The Labute approximate surface area is 149 Å². The molecule has 8 heteroatoms. The molecule has 25 heavy (non-hydrogen) atoms. The molecule has 0 fully saturated rings. The minimum absolute atomic E-state index is 0.0234. The van der Waals surface area contributed by atoms with Crippen LogP contribution in [0.3, 0.4) is 0 Å². The van der Waals surface area contributed by atoms with Gasteiger partial charge in [0, 0.05) is 12.8 Å². The van der Waals surface area contributed by atoms with Crippen molar-refractivity contribution in [2.45, 2.75) is 90.0 Å². The van der Waals surface area contributed by atoms with Crippen molar-refractivity contribution in [3.8, 4) is 0 Å². The summed E-state index contributed by atoms with van der Waals surface area (Å²) in [5.74, 6) is 7.83. The Hall–Kier alpha value is -1.67. The van der Waals surface area contributed by atoms with Gasteiger partial charge in [-0.25, -0.2) is 4.79 Å². The molecule has 0 rings (SSSR count). The van der Waals surface area contributed by atoms with Crippen LogP contribution in [-0.2, 0) is 24.1 Å². The van der Waals surface area contributed by atoms with Gasteiger partial charge < -0.3 is 15.0 Å². The summed E-state index contributed by atoms with van der Waals surface area (Å²) in [7, 11) is 0. The van der Waals surface area contributed by atoms with Crippen LogP contribution in [0.1, 0.15) is 84.0 Å². The predicted octanol–water partition coefficient (Wildman–Crippen LogP) is 2.01. The highest BCUT2D eigenvalue weighted by Gasteiger charge is 2.23. The molecule has 0 unspecified atom stereocenters. The van der Waals surface area contributed by atoms with E-state index in [1.54, 1.807) is 0 Å². The van der Waals surface area contributed by atoms with E-state index in [4.69, 9.17) is 11.8 Å². The highest BCUT2D eigenvalue weighted by atomic mass is 16.7. The molecule has 0 bridgehead atoms. The first-order chi connectivity index (χ1) is 12.0. The largest absolute Gasteiger partial charge is 0.373 e. The van der Waals surface area contributed by atoms with Gasteiger partial charge >= 0.3 is 11.9 Å². The number of rotatable bonds is 15. The fourth-order valence-corrected chi connectivity index (χ4v) is 2.51. The third kappa shape index (κ3) is 13.3. The fourth-order valence-electron chi connectivity index (χ4n) is 2.51. The average molecular weight is 359 g/mol. The predicted molar refractivity (Wildman–Crippen MR) is 93.6 cm³/mol. The Morgan fingerprint density at radius 2 is 1.40 bits per heavy atom. The van der Waals surface area contributed by atoms with Crippen molar-refractivity contribution in [2.24, 2.45) is 11.8 Å². The molecular formula is C17H33N3O5. The molecular weight excluding hydrogens is 326 g/mol. The van der Waals surface area contributed by atoms with Gasteiger partial charge in [0.25, 0.3) is 0 Å². The first-order valence-corrected chi connectivity index (χ1v) is 9.14. The molecule has 5 N–H and O–H groups in total. The SMILES string of the molecule is CCCCCCCCCCCC(=O)N[C@@H](CCC(=O)ON)C(=O)ON. The van der Waals surface area contributed by atoms with Gasteiger partial charge in [-0.05, 0) is 12.8 Å². The quantitative estimate of drug-likeness (QED) is 0.301. The number of hydrogen-bond acceptors (Lipinski definition) is 7. The maximum atomic E-state index is 11.9. The van der Waals surface area contributed by atoms with E-state index in [2.05, 4.69) is 21.9 Å². The summed E-state index contributed by atoms with van der Waals surface area (Å²) in [5.41, 5.74) is 0. The van der Waals surface area contributed by atoms with Crippen LogP contribution < -0.4 is 17.1 Å². The van der Waals surface area contributed by atoms with Crippen LogP contribution >= 0.6 is 0 Å². The van der Waals surface area contributed by atoms with Crippen LogP contribution in [0.2, 0.25) is 0 Å². The van der Waals surface area contributed by atoms with Crippen LogP contribution in [0.5, 0.6) is 0 Å². The normalized spacial score (nSPS) is 11.6. The maximum absolute atomic E-state index is 11.9. The lowest BCUT2D eigenvalue weighted by molar-refractivity contribution is -0.149. The van der Waals surface area contributed by atoms with Crippen molar-refractivity contribution >= 4 is 17.8 Å². The zero-order chi connectivity index (χ0) is 18.9. The average Bonchev–Trinajstić information content (AvgIpc) is 2.62. The molecule has 0 aromatic rings. The highest BCUT2D eigenvalue weighted by molar-refractivity contribution is 5.84. The molecule has 0 radical (unpaired) electrons. The van der Waals surface area contributed by atoms with Gasteiger partial charge in [-0.3, -0.25) is 9.59 Å². The smallest absolute Gasteiger partial charge is 0.347 e. The zero-order valence-corrected chi connectivity index (χ0v) is 15.3. The van der Waals surface area contributed by atoms with E-state index in [1.165, 1.54) is 38.5 Å². The summed E-state index contributed by atoms with van der Waals surface area (Å²) in [6, 6.07) is -0.977. The topological polar surface area (TPSA) is 134 Å². The van der Waals surface area contributed by atoms with Crippen LogP contribution in [0.4, 0.5) is 0 Å². The van der Waals surface area contributed by atoms with E-state index in [0.29, 0.717) is 6.42 Å². The minimum Gasteiger partial charge on any atom is -0.373 e. The second-order valence-corrected chi connectivity index (χ2v) is 6.16. The monoisotopic (exact) mass is 359 g/mol. The van der Waals surface area contributed by atoms with Crippen LogP contribution in [0.25, 0.3) is 0 Å². The third-order valence-electron chi connectivity index (χ3n) is 4.01. The summed E-state index contributed by atoms with van der Waals surface area (Å²) in [4.78, 5) is 42.6. The molecule has 0 aromatic heterocycles. The van der Waals surface area contributed by atoms with E-state index in [1.807, 2.05) is 0 Å². The fraction of sp³-hybridized carbons (Fsp3) is 0.824. The van der Waals surface area contributed by atoms with E-state index < -0.39 is 18.0 Å². The van der Waals surface area contributed by atoms with Gasteiger partial charge in [0.15, 0.2) is 0 Å². The van der Waals surface area contributed by atoms with Gasteiger partial charge in [-0.2, -0.15) is 11.8 Å². The van der Waals surface area contributed by atoms with Crippen molar-refractivity contribution in [3.05, 3.63) is 0 Å². The standard InChI is InChI=1S/C17H33N3O5/c1-2-3-4-5-6-7-8-9-10-11-15(21)20-14(17(23)25-19)12-13-16(22)24-18/h14H,2-13,18-19H2,1H3,(H,20,21)/t14-/m0/s1. The molecule has 8 nitrogen and oxygen atoms in total. The molecule has 1 atom stereocenters. The Morgan fingerprint density at radius 3 is 1.92 bits per heavy atom. The molecule has 0 spiro atoms. The zero-order valence-electron chi connectivity index (χ0n) is 15.3. The molecule has 0 saturated heterocycles. The van der Waals surface area contributed by atoms with E-state index in [9.17, 15) is 14.4 Å². The van der Waals surface area contributed by atoms with E-state index in [-0.39, 0.29) is 18.7 Å². The molecule has 0 aliphatic carbocycles. The molecule has 146 valence electrons. The lowest BCUT2D eigenvalue weighted by Crippen LogP contribution is -2.43. The first kappa shape index (κ1) is 23.3. The van der Waals surface area contributed by atoms with Gasteiger partial charge in [0.1, 0.15) is 6.04 Å². The van der Waals surface area contributed by atoms with E-state index >= 15 is 0 Å². The number of carbonyl (C=O) groups is 3. The number of carbonyl (C=O) groups excluding carboxylic acids is 3. The number of nitrogens with two attached hydrogens (primary N) is 2. The van der Waals surface area contributed by atoms with Crippen molar-refractivity contribution in [2.75, 3.05) is 0 Å². The Balaban J connectivity index is 3.87. The second kappa shape index (κ2) is 15.8. The van der Waals surface area contributed by atoms with Crippen molar-refractivity contribution in [1.29, 1.82) is 0 Å². The third-order valence-corrected chi connectivity index (χ3v) is 4.01. The van der Waals surface area contributed by atoms with Crippen molar-refractivity contribution < 1.29 is 24.1 Å². The number of unbranched alkanes of at least 4 members (excludes halogenated alkanes) is 8. The van der Waals surface area contributed by atoms with Gasteiger partial charge in [0.2, 0.25) is 5.91 Å². The van der Waals surface area contributed by atoms with Crippen LogP contribution in [-0.4, -0.2) is 23.9 Å². The summed E-state index contributed by atoms with van der Waals surface area (Å²) >= 11 is 0. The highest BCUT2D eigenvalue weighted by Crippen LogP contribution is 2.10. The summed E-state index contributed by atoms with van der Waals surface area (Å²) in [6.07, 6.45) is 10.6. The number of amides is 1. The first-order valence-electron chi connectivity index (χ1n) is 9.14. The molecule has 0 aliphatic rings. The van der Waals surface area contributed by atoms with Crippen molar-refractivity contribution in [1.82, 2.24) is 5.32 Å².